The van der Waals surface area contributed by atoms with Gasteiger partial charge in [-0.2, -0.15) is 0 Å². The highest BCUT2D eigenvalue weighted by Gasteiger charge is 2.25. The number of benzene rings is 2. The van der Waals surface area contributed by atoms with Crippen molar-refractivity contribution >= 4 is 5.91 Å². The molecule has 8 nitrogen and oxygen atoms in total. The highest BCUT2D eigenvalue weighted by molar-refractivity contribution is 5.95. The van der Waals surface area contributed by atoms with Crippen molar-refractivity contribution in [2.24, 2.45) is 0 Å². The Kier molecular flexibility index (Phi) is 8.65. The van der Waals surface area contributed by atoms with Crippen molar-refractivity contribution in [1.29, 1.82) is 0 Å². The molecule has 1 heterocycles. The van der Waals surface area contributed by atoms with Gasteiger partial charge in [0.1, 0.15) is 0 Å². The van der Waals surface area contributed by atoms with Crippen molar-refractivity contribution in [1.82, 2.24) is 9.80 Å². The van der Waals surface area contributed by atoms with Gasteiger partial charge in [0.2, 0.25) is 5.75 Å². The smallest absolute Gasteiger partial charge is 0.254 e. The molecule has 3 rings (SSSR count). The van der Waals surface area contributed by atoms with Crippen LogP contribution in [0.2, 0.25) is 0 Å². The van der Waals surface area contributed by atoms with Gasteiger partial charge in [0.05, 0.1) is 34.5 Å². The van der Waals surface area contributed by atoms with Gasteiger partial charge in [0.25, 0.3) is 5.91 Å². The van der Waals surface area contributed by atoms with Crippen molar-refractivity contribution in [3.8, 4) is 28.7 Å². The number of piperazine rings is 1. The van der Waals surface area contributed by atoms with Crippen LogP contribution in [0.3, 0.4) is 0 Å². The molecule has 8 heteroatoms. The molecule has 1 amide bonds. The van der Waals surface area contributed by atoms with E-state index in [0.717, 1.165) is 18.7 Å². The molecule has 0 bridgehead atoms. The van der Waals surface area contributed by atoms with Crippen LogP contribution in [0.25, 0.3) is 0 Å². The van der Waals surface area contributed by atoms with Gasteiger partial charge in [-0.25, -0.2) is 0 Å². The third-order valence-corrected chi connectivity index (χ3v) is 5.63. The Hall–Kier alpha value is -3.13. The highest BCUT2D eigenvalue weighted by atomic mass is 16.5. The minimum atomic E-state index is 0.00217. The molecule has 1 aliphatic rings. The Bertz CT molecular complexity index is 941. The van der Waals surface area contributed by atoms with E-state index in [9.17, 15) is 4.79 Å². The predicted molar refractivity (Wildman–Crippen MR) is 126 cm³/mol. The summed E-state index contributed by atoms with van der Waals surface area (Å²) in [4.78, 5) is 17.3. The van der Waals surface area contributed by atoms with Gasteiger partial charge in [-0.15, -0.1) is 0 Å². The molecular weight excluding hydrogens is 424 g/mol. The summed E-state index contributed by atoms with van der Waals surface area (Å²) in [5, 5.41) is 0. The third kappa shape index (κ3) is 5.63. The van der Waals surface area contributed by atoms with Crippen LogP contribution in [0, 0.1) is 0 Å². The second-order valence-corrected chi connectivity index (χ2v) is 7.59. The van der Waals surface area contributed by atoms with E-state index in [1.165, 1.54) is 0 Å². The molecule has 0 N–H and O–H groups in total. The standard InChI is InChI=1S/C25H34N2O6/c1-6-32-20-10-8-18(16-22(20)33-7-2)25(28)27-14-12-26(13-15-27)17-19-9-11-21(29-3)24(31-5)23(19)30-4/h8-11,16H,6-7,12-15,17H2,1-5H3. The zero-order valence-electron chi connectivity index (χ0n) is 20.2. The number of carbonyl (C=O) groups is 1. The largest absolute Gasteiger partial charge is 0.493 e. The van der Waals surface area contributed by atoms with Gasteiger partial charge in [-0.3, -0.25) is 9.69 Å². The Labute approximate surface area is 195 Å². The molecule has 0 spiro atoms. The number of methoxy groups -OCH3 is 3. The summed E-state index contributed by atoms with van der Waals surface area (Å²) in [6.07, 6.45) is 0. The van der Waals surface area contributed by atoms with Crippen LogP contribution in [0.15, 0.2) is 30.3 Å². The normalized spacial score (nSPS) is 14.0. The Balaban J connectivity index is 1.66. The van der Waals surface area contributed by atoms with Crippen molar-refractivity contribution < 1.29 is 28.5 Å². The minimum Gasteiger partial charge on any atom is -0.493 e. The van der Waals surface area contributed by atoms with Crippen LogP contribution < -0.4 is 23.7 Å². The molecule has 0 radical (unpaired) electrons. The molecule has 0 atom stereocenters. The summed E-state index contributed by atoms with van der Waals surface area (Å²) in [5.74, 6) is 3.16. The number of carbonyl (C=O) groups excluding carboxylic acids is 1. The average Bonchev–Trinajstić information content (AvgIpc) is 2.85. The molecule has 0 unspecified atom stereocenters. The first kappa shape index (κ1) is 24.5. The zero-order valence-corrected chi connectivity index (χ0v) is 20.2. The van der Waals surface area contributed by atoms with Crippen LogP contribution in [0.1, 0.15) is 29.8 Å². The molecule has 1 saturated heterocycles. The second kappa shape index (κ2) is 11.7. The van der Waals surface area contributed by atoms with Crippen molar-refractivity contribution in [2.75, 3.05) is 60.7 Å². The van der Waals surface area contributed by atoms with Crippen molar-refractivity contribution in [3.05, 3.63) is 41.5 Å². The first-order valence-electron chi connectivity index (χ1n) is 11.2. The molecule has 180 valence electrons. The topological polar surface area (TPSA) is 69.7 Å². The van der Waals surface area contributed by atoms with Crippen molar-refractivity contribution in [3.63, 3.8) is 0 Å². The minimum absolute atomic E-state index is 0.00217. The molecule has 0 aliphatic carbocycles. The summed E-state index contributed by atoms with van der Waals surface area (Å²) in [6, 6.07) is 9.26. The van der Waals surface area contributed by atoms with E-state index in [1.54, 1.807) is 39.5 Å². The molecule has 0 aromatic heterocycles. The summed E-state index contributed by atoms with van der Waals surface area (Å²) in [5.41, 5.74) is 1.62. The van der Waals surface area contributed by atoms with E-state index in [0.29, 0.717) is 67.2 Å². The fraction of sp³-hybridized carbons (Fsp3) is 0.480. The monoisotopic (exact) mass is 458 g/mol. The first-order valence-corrected chi connectivity index (χ1v) is 11.2. The fourth-order valence-corrected chi connectivity index (χ4v) is 4.00. The van der Waals surface area contributed by atoms with Crippen LogP contribution in [-0.2, 0) is 6.54 Å². The van der Waals surface area contributed by atoms with Crippen LogP contribution in [-0.4, -0.2) is 76.4 Å². The summed E-state index contributed by atoms with van der Waals surface area (Å²) in [6.45, 7) is 8.40. The molecule has 0 saturated carbocycles. The molecule has 1 fully saturated rings. The second-order valence-electron chi connectivity index (χ2n) is 7.59. The SMILES string of the molecule is CCOc1ccc(C(=O)N2CCN(Cc3ccc(OC)c(OC)c3OC)CC2)cc1OCC. The lowest BCUT2D eigenvalue weighted by Crippen LogP contribution is -2.48. The van der Waals surface area contributed by atoms with Gasteiger partial charge in [0.15, 0.2) is 23.0 Å². The number of ether oxygens (including phenoxy) is 5. The molecule has 2 aromatic carbocycles. The lowest BCUT2D eigenvalue weighted by Gasteiger charge is -2.35. The zero-order chi connectivity index (χ0) is 23.8. The average molecular weight is 459 g/mol. The number of amides is 1. The van der Waals surface area contributed by atoms with E-state index in [-0.39, 0.29) is 5.91 Å². The first-order chi connectivity index (χ1) is 16.1. The van der Waals surface area contributed by atoms with E-state index in [2.05, 4.69) is 4.90 Å². The van der Waals surface area contributed by atoms with E-state index in [4.69, 9.17) is 23.7 Å². The quantitative estimate of drug-likeness (QED) is 0.540. The number of hydrogen-bond donors (Lipinski definition) is 0. The maximum absolute atomic E-state index is 13.1. The number of hydrogen-bond acceptors (Lipinski definition) is 7. The fourth-order valence-electron chi connectivity index (χ4n) is 4.00. The van der Waals surface area contributed by atoms with E-state index in [1.807, 2.05) is 30.9 Å². The Morgan fingerprint density at radius 2 is 1.42 bits per heavy atom. The predicted octanol–water partition coefficient (Wildman–Crippen LogP) is 3.47. The Morgan fingerprint density at radius 3 is 2.03 bits per heavy atom. The molecular formula is C25H34N2O6. The summed E-state index contributed by atoms with van der Waals surface area (Å²) >= 11 is 0. The molecule has 1 aliphatic heterocycles. The third-order valence-electron chi connectivity index (χ3n) is 5.63. The number of nitrogens with zero attached hydrogens (tertiary/aromatic N) is 2. The van der Waals surface area contributed by atoms with E-state index >= 15 is 0 Å². The van der Waals surface area contributed by atoms with Gasteiger partial charge < -0.3 is 28.6 Å². The maximum atomic E-state index is 13.1. The van der Waals surface area contributed by atoms with Crippen LogP contribution >= 0.6 is 0 Å². The van der Waals surface area contributed by atoms with Gasteiger partial charge in [0, 0.05) is 43.9 Å². The summed E-state index contributed by atoms with van der Waals surface area (Å²) in [7, 11) is 4.84. The summed E-state index contributed by atoms with van der Waals surface area (Å²) < 4.78 is 27.8. The van der Waals surface area contributed by atoms with Crippen LogP contribution in [0.5, 0.6) is 28.7 Å². The molecule has 2 aromatic rings. The van der Waals surface area contributed by atoms with Gasteiger partial charge >= 0.3 is 0 Å². The van der Waals surface area contributed by atoms with Crippen molar-refractivity contribution in [2.45, 2.75) is 20.4 Å². The lowest BCUT2D eigenvalue weighted by atomic mass is 10.1. The lowest BCUT2D eigenvalue weighted by molar-refractivity contribution is 0.0626. The highest BCUT2D eigenvalue weighted by Crippen LogP contribution is 2.40. The van der Waals surface area contributed by atoms with Gasteiger partial charge in [-0.05, 0) is 38.1 Å². The molecule has 33 heavy (non-hydrogen) atoms. The van der Waals surface area contributed by atoms with Crippen LogP contribution in [0.4, 0.5) is 0 Å². The van der Waals surface area contributed by atoms with Gasteiger partial charge in [-0.1, -0.05) is 6.07 Å². The Morgan fingerprint density at radius 1 is 0.788 bits per heavy atom. The van der Waals surface area contributed by atoms with E-state index < -0.39 is 0 Å². The number of rotatable bonds is 10. The maximum Gasteiger partial charge on any atom is 0.254 e.